The quantitative estimate of drug-likeness (QED) is 0.698. The average molecular weight is 249 g/mol. The van der Waals surface area contributed by atoms with E-state index < -0.39 is 18.0 Å². The lowest BCUT2D eigenvalue weighted by Gasteiger charge is -2.33. The molecule has 0 saturated heterocycles. The van der Waals surface area contributed by atoms with Crippen LogP contribution in [0.25, 0.3) is 0 Å². The Balaban J connectivity index is 5.31. The van der Waals surface area contributed by atoms with E-state index in [-0.39, 0.29) is 10.3 Å². The van der Waals surface area contributed by atoms with Crippen molar-refractivity contribution in [3.63, 3.8) is 0 Å². The normalized spacial score (nSPS) is 19.5. The Hall–Kier alpha value is 0.167. The van der Waals surface area contributed by atoms with Crippen molar-refractivity contribution < 1.29 is 4.21 Å². The molecule has 0 aromatic heterocycles. The molecule has 2 nitrogen and oxygen atoms in total. The molecule has 15 heavy (non-hydrogen) atoms. The van der Waals surface area contributed by atoms with E-state index >= 15 is 0 Å². The van der Waals surface area contributed by atoms with E-state index in [1.54, 1.807) is 0 Å². The third kappa shape index (κ3) is 3.91. The van der Waals surface area contributed by atoms with Gasteiger partial charge in [0.15, 0.2) is 8.24 Å². The second-order valence-corrected chi connectivity index (χ2v) is 13.9. The zero-order valence-corrected chi connectivity index (χ0v) is 13.4. The molecule has 0 aliphatic rings. The first-order chi connectivity index (χ1) is 6.44. The van der Waals surface area contributed by atoms with Crippen LogP contribution in [-0.4, -0.2) is 24.0 Å². The van der Waals surface area contributed by atoms with Crippen LogP contribution in [0.1, 0.15) is 41.0 Å². The van der Waals surface area contributed by atoms with Gasteiger partial charge in [0.05, 0.1) is 0 Å². The van der Waals surface area contributed by atoms with Crippen molar-refractivity contribution in [1.29, 1.82) is 0 Å². The summed E-state index contributed by atoms with van der Waals surface area (Å²) in [5.41, 5.74) is 0. The van der Waals surface area contributed by atoms with Crippen molar-refractivity contribution in [3.8, 4) is 0 Å². The van der Waals surface area contributed by atoms with Crippen molar-refractivity contribution >= 4 is 18.0 Å². The predicted octanol–water partition coefficient (Wildman–Crippen LogP) is 3.89. The lowest BCUT2D eigenvalue weighted by molar-refractivity contribution is 0.665. The summed E-state index contributed by atoms with van der Waals surface area (Å²) in [5.74, 6) is 0. The number of hydrogen-bond donors (Lipinski definition) is 0. The molecule has 0 radical (unpaired) electrons. The van der Waals surface area contributed by atoms with Crippen LogP contribution in [0.4, 0.5) is 0 Å². The Morgan fingerprint density at radius 2 is 1.73 bits per heavy atom. The Bertz CT molecular complexity index is 322. The van der Waals surface area contributed by atoms with E-state index in [9.17, 15) is 4.21 Å². The molecule has 0 heterocycles. The summed E-state index contributed by atoms with van der Waals surface area (Å²) in [7, 11) is -3.78. The lowest BCUT2D eigenvalue weighted by atomic mass is 10.2. The minimum Gasteiger partial charge on any atom is -0.277 e. The van der Waals surface area contributed by atoms with Crippen LogP contribution in [0.2, 0.25) is 18.1 Å². The molecule has 2 unspecified atom stereocenters. The van der Waals surface area contributed by atoms with Crippen molar-refractivity contribution in [2.24, 2.45) is 4.03 Å². The molecule has 92 valence electrons. The van der Waals surface area contributed by atoms with Gasteiger partial charge < -0.3 is 0 Å². The average Bonchev–Trinajstić information content (AvgIpc) is 1.98. The molecule has 0 aliphatic carbocycles. The van der Waals surface area contributed by atoms with Gasteiger partial charge in [0.2, 0.25) is 0 Å². The minimum atomic E-state index is -2.01. The highest BCUT2D eigenvalue weighted by Crippen LogP contribution is 2.37. The van der Waals surface area contributed by atoms with Gasteiger partial charge in [-0.15, -0.1) is 0 Å². The fourth-order valence-electron chi connectivity index (χ4n) is 0.989. The first-order valence-corrected chi connectivity index (χ1v) is 10.6. The molecule has 0 N–H and O–H groups in total. The monoisotopic (exact) mass is 249 g/mol. The second-order valence-electron chi connectivity index (χ2n) is 5.98. The Kier molecular flexibility index (Phi) is 4.63. The van der Waals surface area contributed by atoms with Gasteiger partial charge in [-0.3, -0.25) is 8.24 Å². The smallest absolute Gasteiger partial charge is 0.192 e. The number of nitrogens with zero attached hydrogens (tertiary/aromatic N) is 1. The van der Waals surface area contributed by atoms with Crippen molar-refractivity contribution in [2.45, 2.75) is 64.4 Å². The molecule has 0 bridgehead atoms. The maximum atomic E-state index is 12.4. The van der Waals surface area contributed by atoms with Crippen LogP contribution in [0.15, 0.2) is 4.03 Å². The van der Waals surface area contributed by atoms with Crippen LogP contribution < -0.4 is 0 Å². The summed E-state index contributed by atoms with van der Waals surface area (Å²) in [5, 5.41) is 0.380. The standard InChI is InChI=1S/C11H27NOSSi/c1-9-10(2)14(6,13)12-15(7,8)11(3,4)5/h10H,9H2,1-8H3. The molecule has 0 aromatic rings. The van der Waals surface area contributed by atoms with E-state index in [4.69, 9.17) is 4.03 Å². The Morgan fingerprint density at radius 1 is 1.33 bits per heavy atom. The third-order valence-corrected chi connectivity index (χ3v) is 12.3. The molecular formula is C11H27NOSSi. The summed E-state index contributed by atoms with van der Waals surface area (Å²) in [6.45, 7) is 15.1. The van der Waals surface area contributed by atoms with E-state index in [1.165, 1.54) is 0 Å². The largest absolute Gasteiger partial charge is 0.277 e. The highest BCUT2D eigenvalue weighted by atomic mass is 32.2. The highest BCUT2D eigenvalue weighted by molar-refractivity contribution is 7.94. The van der Waals surface area contributed by atoms with Crippen LogP contribution >= 0.6 is 0 Å². The molecule has 0 rings (SSSR count). The van der Waals surface area contributed by atoms with Gasteiger partial charge in [-0.05, 0) is 24.6 Å². The van der Waals surface area contributed by atoms with Crippen molar-refractivity contribution in [3.05, 3.63) is 0 Å². The van der Waals surface area contributed by atoms with Crippen LogP contribution in [-0.2, 0) is 9.73 Å². The van der Waals surface area contributed by atoms with Gasteiger partial charge in [-0.2, -0.15) is 0 Å². The summed E-state index contributed by atoms with van der Waals surface area (Å²) < 4.78 is 17.2. The number of hydrogen-bond acceptors (Lipinski definition) is 2. The number of rotatable bonds is 3. The molecule has 0 aliphatic heterocycles. The zero-order chi connectivity index (χ0) is 12.5. The predicted molar refractivity (Wildman–Crippen MR) is 73.4 cm³/mol. The van der Waals surface area contributed by atoms with Gasteiger partial charge in [0.1, 0.15) is 0 Å². The molecule has 0 spiro atoms. The van der Waals surface area contributed by atoms with Crippen molar-refractivity contribution in [2.75, 3.05) is 6.26 Å². The first-order valence-electron chi connectivity index (χ1n) is 5.66. The van der Waals surface area contributed by atoms with Gasteiger partial charge in [-0.25, -0.2) is 0 Å². The van der Waals surface area contributed by atoms with Crippen LogP contribution in [0.5, 0.6) is 0 Å². The van der Waals surface area contributed by atoms with Crippen LogP contribution in [0, 0.1) is 0 Å². The van der Waals surface area contributed by atoms with Gasteiger partial charge in [0, 0.05) is 21.2 Å². The van der Waals surface area contributed by atoms with E-state index in [0.717, 1.165) is 6.42 Å². The highest BCUT2D eigenvalue weighted by Gasteiger charge is 2.37. The van der Waals surface area contributed by atoms with E-state index in [1.807, 2.05) is 13.2 Å². The van der Waals surface area contributed by atoms with E-state index in [2.05, 4.69) is 40.8 Å². The fraction of sp³-hybridized carbons (Fsp3) is 1.00. The molecule has 2 atom stereocenters. The fourth-order valence-corrected chi connectivity index (χ4v) is 7.05. The maximum absolute atomic E-state index is 12.4. The molecular weight excluding hydrogens is 222 g/mol. The van der Waals surface area contributed by atoms with Gasteiger partial charge >= 0.3 is 0 Å². The summed E-state index contributed by atoms with van der Waals surface area (Å²) in [6.07, 6.45) is 2.76. The molecule has 4 heteroatoms. The summed E-state index contributed by atoms with van der Waals surface area (Å²) in [4.78, 5) is 0. The first kappa shape index (κ1) is 15.2. The Labute approximate surface area is 97.1 Å². The third-order valence-electron chi connectivity index (χ3n) is 3.57. The molecule has 0 aromatic carbocycles. The summed E-state index contributed by atoms with van der Waals surface area (Å²) >= 11 is 0. The molecule has 0 amide bonds. The second kappa shape index (κ2) is 4.58. The van der Waals surface area contributed by atoms with Crippen molar-refractivity contribution in [1.82, 2.24) is 0 Å². The zero-order valence-electron chi connectivity index (χ0n) is 11.5. The minimum absolute atomic E-state index is 0.180. The summed E-state index contributed by atoms with van der Waals surface area (Å²) in [6, 6.07) is 0. The molecule has 0 saturated carbocycles. The van der Waals surface area contributed by atoms with E-state index in [0.29, 0.717) is 0 Å². The van der Waals surface area contributed by atoms with Gasteiger partial charge in [-0.1, -0.05) is 34.6 Å². The van der Waals surface area contributed by atoms with Gasteiger partial charge in [0.25, 0.3) is 0 Å². The topological polar surface area (TPSA) is 29.4 Å². The Morgan fingerprint density at radius 3 is 2.00 bits per heavy atom. The lowest BCUT2D eigenvalue weighted by Crippen LogP contribution is -2.37. The SMILES string of the molecule is CCC(C)S(C)(=O)=N[Si](C)(C)C(C)(C)C. The maximum Gasteiger partial charge on any atom is 0.192 e. The molecule has 0 fully saturated rings. The van der Waals surface area contributed by atoms with Crippen LogP contribution in [0.3, 0.4) is 0 Å².